The van der Waals surface area contributed by atoms with Gasteiger partial charge in [0.05, 0.1) is 0 Å². The van der Waals surface area contributed by atoms with E-state index in [1.54, 1.807) is 0 Å². The molecule has 0 aliphatic heterocycles. The number of fused-ring (bicyclic) bond motifs is 3. The number of rotatable bonds is 0. The van der Waals surface area contributed by atoms with Gasteiger partial charge in [-0.25, -0.2) is 12.2 Å². The quantitative estimate of drug-likeness (QED) is 0.423. The van der Waals surface area contributed by atoms with Crippen LogP contribution in [0, 0.1) is 12.1 Å². The van der Waals surface area contributed by atoms with Gasteiger partial charge in [-0.05, 0) is 6.42 Å². The fraction of sp³-hybridized carbons (Fsp3) is 0.111. The Morgan fingerprint density at radius 1 is 0.947 bits per heavy atom. The minimum absolute atomic E-state index is 0. The Labute approximate surface area is 129 Å². The molecule has 0 N–H and O–H groups in total. The largest absolute Gasteiger partial charge is 2.00 e. The van der Waals surface area contributed by atoms with Crippen LogP contribution < -0.4 is 0 Å². The minimum Gasteiger partial charge on any atom is -0.273 e. The van der Waals surface area contributed by atoms with Crippen molar-refractivity contribution in [3.63, 3.8) is 0 Å². The molecule has 0 saturated heterocycles. The molecule has 0 aromatic heterocycles. The fourth-order valence-corrected chi connectivity index (χ4v) is 2.34. The van der Waals surface area contributed by atoms with Crippen LogP contribution in [0.4, 0.5) is 0 Å². The van der Waals surface area contributed by atoms with Gasteiger partial charge in [-0.1, -0.05) is 35.4 Å². The Kier molecular flexibility index (Phi) is 4.96. The first-order valence-corrected chi connectivity index (χ1v) is 6.25. The van der Waals surface area contributed by atoms with E-state index in [9.17, 15) is 0 Å². The summed E-state index contributed by atoms with van der Waals surface area (Å²) in [4.78, 5) is 0. The predicted octanol–water partition coefficient (Wildman–Crippen LogP) is 4.36. The van der Waals surface area contributed by atoms with Crippen molar-refractivity contribution in [1.82, 2.24) is 0 Å². The molecule has 0 atom stereocenters. The number of hydrogen-bond acceptors (Lipinski definition) is 0. The van der Waals surface area contributed by atoms with E-state index < -0.39 is 0 Å². The molecule has 0 saturated carbocycles. The van der Waals surface area contributed by atoms with Crippen LogP contribution in [0.2, 0.25) is 0 Å². The summed E-state index contributed by atoms with van der Waals surface area (Å²) >= 11 is 0. The Balaban J connectivity index is 0.000000190. The standard InChI is InChI=1S/C13H9.C5H5.Ti/c1-3-7-12-10(5-1)9-11-6-2-4-8-13(11)12;1-2-4-5-3-1;/h1-5,7-8H,9H2;1-3H,4H2;/q2*-1;+2. The van der Waals surface area contributed by atoms with Gasteiger partial charge in [0.15, 0.2) is 0 Å². The average molecular weight is 278 g/mol. The molecule has 1 heteroatoms. The first-order valence-electron chi connectivity index (χ1n) is 6.25. The maximum Gasteiger partial charge on any atom is 2.00 e. The summed E-state index contributed by atoms with van der Waals surface area (Å²) in [6.45, 7) is 0. The fourth-order valence-electron chi connectivity index (χ4n) is 2.34. The Hall–Kier alpha value is -1.37. The summed E-state index contributed by atoms with van der Waals surface area (Å²) in [6, 6.07) is 18.1. The van der Waals surface area contributed by atoms with E-state index in [1.165, 1.54) is 22.3 Å². The van der Waals surface area contributed by atoms with Crippen LogP contribution in [-0.4, -0.2) is 0 Å². The van der Waals surface area contributed by atoms with Gasteiger partial charge in [0, 0.05) is 0 Å². The molecule has 0 heterocycles. The molecule has 0 spiro atoms. The maximum atomic E-state index is 3.30. The number of benzene rings is 2. The van der Waals surface area contributed by atoms with Gasteiger partial charge in [-0.2, -0.15) is 35.9 Å². The Morgan fingerprint density at radius 2 is 1.79 bits per heavy atom. The van der Waals surface area contributed by atoms with E-state index in [2.05, 4.69) is 54.6 Å². The Bertz CT molecular complexity index is 555. The molecule has 0 amide bonds. The van der Waals surface area contributed by atoms with E-state index in [0.29, 0.717) is 0 Å². The third-order valence-corrected chi connectivity index (χ3v) is 3.20. The maximum absolute atomic E-state index is 3.30. The molecule has 0 bridgehead atoms. The monoisotopic (exact) mass is 278 g/mol. The van der Waals surface area contributed by atoms with Crippen LogP contribution in [0.25, 0.3) is 11.1 Å². The second kappa shape index (κ2) is 6.70. The van der Waals surface area contributed by atoms with Gasteiger partial charge in [0.1, 0.15) is 0 Å². The van der Waals surface area contributed by atoms with E-state index in [4.69, 9.17) is 0 Å². The zero-order valence-electron chi connectivity index (χ0n) is 10.7. The zero-order chi connectivity index (χ0) is 12.2. The van der Waals surface area contributed by atoms with Crippen LogP contribution in [0.1, 0.15) is 17.5 Å². The van der Waals surface area contributed by atoms with Crippen molar-refractivity contribution in [2.45, 2.75) is 12.8 Å². The van der Waals surface area contributed by atoms with Crippen molar-refractivity contribution in [2.75, 3.05) is 0 Å². The molecule has 19 heavy (non-hydrogen) atoms. The van der Waals surface area contributed by atoms with Crippen molar-refractivity contribution in [3.05, 3.63) is 84.0 Å². The molecule has 2 aromatic rings. The van der Waals surface area contributed by atoms with E-state index in [-0.39, 0.29) is 21.7 Å². The molecular formula is C18H14Ti. The second-order valence-electron chi connectivity index (χ2n) is 4.40. The second-order valence-corrected chi connectivity index (χ2v) is 4.40. The Morgan fingerprint density at radius 3 is 2.53 bits per heavy atom. The molecule has 0 fully saturated rings. The van der Waals surface area contributed by atoms with Crippen molar-refractivity contribution < 1.29 is 21.7 Å². The van der Waals surface area contributed by atoms with Gasteiger partial charge in [0.2, 0.25) is 0 Å². The van der Waals surface area contributed by atoms with Crippen molar-refractivity contribution >= 4 is 0 Å². The first kappa shape index (κ1) is 14.1. The first-order chi connectivity index (χ1) is 8.95. The van der Waals surface area contributed by atoms with Crippen molar-refractivity contribution in [3.8, 4) is 11.1 Å². The van der Waals surface area contributed by atoms with Gasteiger partial charge in [0.25, 0.3) is 0 Å². The van der Waals surface area contributed by atoms with Crippen molar-refractivity contribution in [1.29, 1.82) is 0 Å². The number of hydrogen-bond donors (Lipinski definition) is 0. The summed E-state index contributed by atoms with van der Waals surface area (Å²) in [7, 11) is 0. The molecule has 90 valence electrons. The third-order valence-electron chi connectivity index (χ3n) is 3.20. The van der Waals surface area contributed by atoms with Crippen LogP contribution in [-0.2, 0) is 28.1 Å². The van der Waals surface area contributed by atoms with Gasteiger partial charge >= 0.3 is 21.7 Å². The van der Waals surface area contributed by atoms with Crippen LogP contribution in [0.3, 0.4) is 0 Å². The minimum atomic E-state index is 0. The molecular weight excluding hydrogens is 264 g/mol. The molecule has 4 rings (SSSR count). The topological polar surface area (TPSA) is 0 Å². The summed E-state index contributed by atoms with van der Waals surface area (Å²) in [5.74, 6) is 0. The summed E-state index contributed by atoms with van der Waals surface area (Å²) < 4.78 is 0. The molecule has 0 nitrogen and oxygen atoms in total. The van der Waals surface area contributed by atoms with E-state index in [1.807, 2.05) is 18.2 Å². The van der Waals surface area contributed by atoms with Crippen LogP contribution in [0.15, 0.2) is 60.7 Å². The third kappa shape index (κ3) is 3.15. The van der Waals surface area contributed by atoms with Crippen LogP contribution >= 0.6 is 0 Å². The number of allylic oxidation sites excluding steroid dienone is 4. The molecule has 0 unspecified atom stereocenters. The SMILES string of the molecule is [C-]1=CC=CC1.[Ti+2].[c-]1cccc2c1Cc1ccccc1-2. The van der Waals surface area contributed by atoms with Crippen molar-refractivity contribution in [2.24, 2.45) is 0 Å². The van der Waals surface area contributed by atoms with E-state index >= 15 is 0 Å². The smallest absolute Gasteiger partial charge is 0.273 e. The van der Waals surface area contributed by atoms with Crippen LogP contribution in [0.5, 0.6) is 0 Å². The molecule has 2 aromatic carbocycles. The van der Waals surface area contributed by atoms with Gasteiger partial charge in [-0.15, -0.1) is 12.0 Å². The summed E-state index contributed by atoms with van der Waals surface area (Å²) in [6.07, 6.45) is 11.0. The average Bonchev–Trinajstić information content (AvgIpc) is 3.10. The molecule has 2 aliphatic rings. The molecule has 2 aliphatic carbocycles. The normalized spacial score (nSPS) is 13.1. The van der Waals surface area contributed by atoms with E-state index in [0.717, 1.165) is 12.8 Å². The predicted molar refractivity (Wildman–Crippen MR) is 75.1 cm³/mol. The summed E-state index contributed by atoms with van der Waals surface area (Å²) in [5, 5.41) is 0. The van der Waals surface area contributed by atoms with Gasteiger partial charge in [-0.3, -0.25) is 6.08 Å². The van der Waals surface area contributed by atoms with Gasteiger partial charge < -0.3 is 0 Å². The zero-order valence-corrected chi connectivity index (χ0v) is 12.2. The summed E-state index contributed by atoms with van der Waals surface area (Å²) in [5.41, 5.74) is 5.51. The molecule has 0 radical (unpaired) electrons.